The molecule has 3 aromatic rings. The molecular weight excluding hydrogens is 445 g/mol. The molecule has 0 radical (unpaired) electrons. The number of carbonyl (C=O) groups is 2. The van der Waals surface area contributed by atoms with Gasteiger partial charge in [-0.25, -0.2) is 4.39 Å². The standard InChI is InChI=1S/C26H21ClFNO4/c1-3-33-19-11-12-21(27)20(14-19)24(30)22-23(16-7-9-17(28)10-8-16)29(26(32)25(22)31)18-6-4-5-15(2)13-18/h4-14,23,30H,3H2,1-2H3/b24-22+. The minimum Gasteiger partial charge on any atom is -0.507 e. The molecule has 1 unspecified atom stereocenters. The van der Waals surface area contributed by atoms with Crippen LogP contribution < -0.4 is 9.64 Å². The first-order valence-corrected chi connectivity index (χ1v) is 10.8. The van der Waals surface area contributed by atoms with Crippen LogP contribution in [0.25, 0.3) is 5.76 Å². The van der Waals surface area contributed by atoms with E-state index in [-0.39, 0.29) is 16.2 Å². The summed E-state index contributed by atoms with van der Waals surface area (Å²) >= 11 is 6.33. The van der Waals surface area contributed by atoms with Crippen molar-refractivity contribution in [3.8, 4) is 5.75 Å². The van der Waals surface area contributed by atoms with E-state index in [9.17, 15) is 19.1 Å². The summed E-state index contributed by atoms with van der Waals surface area (Å²) in [4.78, 5) is 27.7. The first-order chi connectivity index (χ1) is 15.8. The number of benzene rings is 3. The molecule has 1 heterocycles. The van der Waals surface area contributed by atoms with Crippen LogP contribution in [0.5, 0.6) is 5.75 Å². The lowest BCUT2D eigenvalue weighted by molar-refractivity contribution is -0.132. The topological polar surface area (TPSA) is 66.8 Å². The second-order valence-corrected chi connectivity index (χ2v) is 8.04. The van der Waals surface area contributed by atoms with Gasteiger partial charge in [0.25, 0.3) is 11.7 Å². The molecule has 1 aliphatic rings. The number of hydrogen-bond donors (Lipinski definition) is 1. The van der Waals surface area contributed by atoms with Gasteiger partial charge in [-0.05, 0) is 67.4 Å². The molecule has 0 saturated carbocycles. The van der Waals surface area contributed by atoms with Crippen molar-refractivity contribution < 1.29 is 23.8 Å². The van der Waals surface area contributed by atoms with Gasteiger partial charge in [0.1, 0.15) is 17.3 Å². The highest BCUT2D eigenvalue weighted by Gasteiger charge is 2.47. The van der Waals surface area contributed by atoms with Crippen molar-refractivity contribution in [2.45, 2.75) is 19.9 Å². The van der Waals surface area contributed by atoms with Crippen LogP contribution in [-0.2, 0) is 9.59 Å². The maximum Gasteiger partial charge on any atom is 0.300 e. The highest BCUT2D eigenvalue weighted by Crippen LogP contribution is 2.43. The Morgan fingerprint density at radius 3 is 2.48 bits per heavy atom. The van der Waals surface area contributed by atoms with E-state index in [2.05, 4.69) is 0 Å². The molecule has 0 aliphatic carbocycles. The maximum absolute atomic E-state index is 13.7. The van der Waals surface area contributed by atoms with Gasteiger partial charge in [-0.1, -0.05) is 35.9 Å². The monoisotopic (exact) mass is 465 g/mol. The summed E-state index contributed by atoms with van der Waals surface area (Å²) in [7, 11) is 0. The van der Waals surface area contributed by atoms with Gasteiger partial charge in [0, 0.05) is 11.3 Å². The van der Waals surface area contributed by atoms with Crippen LogP contribution in [0.3, 0.4) is 0 Å². The second kappa shape index (κ2) is 9.08. The number of anilines is 1. The molecule has 4 rings (SSSR count). The number of carbonyl (C=O) groups excluding carboxylic acids is 2. The number of aliphatic hydroxyl groups excluding tert-OH is 1. The minimum absolute atomic E-state index is 0.135. The third-order valence-electron chi connectivity index (χ3n) is 5.41. The van der Waals surface area contributed by atoms with Crippen LogP contribution in [0, 0.1) is 12.7 Å². The molecule has 3 aromatic carbocycles. The van der Waals surface area contributed by atoms with E-state index >= 15 is 0 Å². The highest BCUT2D eigenvalue weighted by atomic mass is 35.5. The van der Waals surface area contributed by atoms with Gasteiger partial charge in [-0.3, -0.25) is 14.5 Å². The molecule has 0 spiro atoms. The van der Waals surface area contributed by atoms with Crippen LogP contribution in [0.2, 0.25) is 5.02 Å². The predicted octanol–water partition coefficient (Wildman–Crippen LogP) is 5.81. The van der Waals surface area contributed by atoms with E-state index in [0.717, 1.165) is 5.56 Å². The molecule has 1 fully saturated rings. The predicted molar refractivity (Wildman–Crippen MR) is 125 cm³/mol. The van der Waals surface area contributed by atoms with Crippen molar-refractivity contribution in [2.24, 2.45) is 0 Å². The summed E-state index contributed by atoms with van der Waals surface area (Å²) in [5, 5.41) is 11.4. The number of aliphatic hydroxyl groups is 1. The molecule has 1 N–H and O–H groups in total. The summed E-state index contributed by atoms with van der Waals surface area (Å²) in [6, 6.07) is 16.3. The molecule has 168 valence electrons. The Morgan fingerprint density at radius 2 is 1.82 bits per heavy atom. The van der Waals surface area contributed by atoms with Crippen LogP contribution >= 0.6 is 11.6 Å². The van der Waals surface area contributed by atoms with Crippen molar-refractivity contribution in [1.29, 1.82) is 0 Å². The number of halogens is 2. The van der Waals surface area contributed by atoms with Crippen LogP contribution in [0.15, 0.2) is 72.3 Å². The molecule has 1 amide bonds. The van der Waals surface area contributed by atoms with Crippen molar-refractivity contribution in [3.05, 3.63) is 99.8 Å². The summed E-state index contributed by atoms with van der Waals surface area (Å²) < 4.78 is 19.1. The van der Waals surface area contributed by atoms with Gasteiger partial charge >= 0.3 is 0 Å². The van der Waals surface area contributed by atoms with E-state index < -0.39 is 29.3 Å². The molecule has 5 nitrogen and oxygen atoms in total. The number of amides is 1. The number of ether oxygens (including phenoxy) is 1. The summed E-state index contributed by atoms with van der Waals surface area (Å²) in [6.45, 7) is 4.08. The lowest BCUT2D eigenvalue weighted by atomic mass is 9.95. The first kappa shape index (κ1) is 22.6. The van der Waals surface area contributed by atoms with Crippen LogP contribution in [0.1, 0.15) is 29.7 Å². The van der Waals surface area contributed by atoms with E-state index in [1.807, 2.05) is 19.9 Å². The van der Waals surface area contributed by atoms with Gasteiger partial charge in [0.2, 0.25) is 0 Å². The first-order valence-electron chi connectivity index (χ1n) is 10.4. The zero-order valence-corrected chi connectivity index (χ0v) is 18.8. The Kier molecular flexibility index (Phi) is 6.20. The smallest absolute Gasteiger partial charge is 0.300 e. The average molecular weight is 466 g/mol. The number of nitrogens with zero attached hydrogens (tertiary/aromatic N) is 1. The van der Waals surface area contributed by atoms with E-state index in [1.165, 1.54) is 35.2 Å². The Morgan fingerprint density at radius 1 is 1.09 bits per heavy atom. The van der Waals surface area contributed by atoms with Gasteiger partial charge in [0.05, 0.1) is 23.2 Å². The van der Waals surface area contributed by atoms with E-state index in [4.69, 9.17) is 16.3 Å². The highest BCUT2D eigenvalue weighted by molar-refractivity contribution is 6.52. The van der Waals surface area contributed by atoms with Crippen molar-refractivity contribution in [2.75, 3.05) is 11.5 Å². The Bertz CT molecular complexity index is 1270. The lowest BCUT2D eigenvalue weighted by Gasteiger charge is -2.26. The number of hydrogen-bond acceptors (Lipinski definition) is 4. The van der Waals surface area contributed by atoms with E-state index in [0.29, 0.717) is 23.6 Å². The van der Waals surface area contributed by atoms with Gasteiger partial charge in [-0.15, -0.1) is 0 Å². The molecular formula is C26H21ClFNO4. The molecule has 1 saturated heterocycles. The fourth-order valence-corrected chi connectivity index (χ4v) is 4.13. The maximum atomic E-state index is 13.7. The zero-order chi connectivity index (χ0) is 23.7. The Hall–Kier alpha value is -3.64. The summed E-state index contributed by atoms with van der Waals surface area (Å²) in [5.41, 5.74) is 1.87. The third kappa shape index (κ3) is 4.22. The normalized spacial score (nSPS) is 17.5. The average Bonchev–Trinajstić information content (AvgIpc) is 3.06. The van der Waals surface area contributed by atoms with Crippen molar-refractivity contribution >= 4 is 34.7 Å². The van der Waals surface area contributed by atoms with Gasteiger partial charge in [0.15, 0.2) is 0 Å². The fraction of sp³-hybridized carbons (Fsp3) is 0.154. The number of rotatable bonds is 5. The molecule has 0 aromatic heterocycles. The number of aryl methyl sites for hydroxylation is 1. The number of Topliss-reactive ketones (excluding diaryl/α,β-unsaturated/α-hetero) is 1. The van der Waals surface area contributed by atoms with E-state index in [1.54, 1.807) is 30.3 Å². The molecule has 0 bridgehead atoms. The Balaban J connectivity index is 1.96. The van der Waals surface area contributed by atoms with Crippen LogP contribution in [-0.4, -0.2) is 23.4 Å². The molecule has 1 aliphatic heterocycles. The largest absolute Gasteiger partial charge is 0.507 e. The van der Waals surface area contributed by atoms with Gasteiger partial charge in [-0.2, -0.15) is 0 Å². The Labute approximate surface area is 195 Å². The molecule has 33 heavy (non-hydrogen) atoms. The fourth-order valence-electron chi connectivity index (χ4n) is 3.92. The summed E-state index contributed by atoms with van der Waals surface area (Å²) in [5.74, 6) is -2.09. The zero-order valence-electron chi connectivity index (χ0n) is 18.0. The van der Waals surface area contributed by atoms with Crippen LogP contribution in [0.4, 0.5) is 10.1 Å². The SMILES string of the molecule is CCOc1ccc(Cl)c(/C(O)=C2\C(=O)C(=O)N(c3cccc(C)c3)C2c2ccc(F)cc2)c1. The van der Waals surface area contributed by atoms with Crippen molar-refractivity contribution in [1.82, 2.24) is 0 Å². The lowest BCUT2D eigenvalue weighted by Crippen LogP contribution is -2.29. The number of ketones is 1. The minimum atomic E-state index is -0.973. The second-order valence-electron chi connectivity index (χ2n) is 7.63. The van der Waals surface area contributed by atoms with Gasteiger partial charge < -0.3 is 9.84 Å². The van der Waals surface area contributed by atoms with Crippen molar-refractivity contribution in [3.63, 3.8) is 0 Å². The molecule has 7 heteroatoms. The quantitative estimate of drug-likeness (QED) is 0.293. The third-order valence-corrected chi connectivity index (χ3v) is 5.74. The summed E-state index contributed by atoms with van der Waals surface area (Å²) in [6.07, 6.45) is 0. The molecule has 1 atom stereocenters.